The minimum absolute atomic E-state index is 0.457. The predicted molar refractivity (Wildman–Crippen MR) is 58.9 cm³/mol. The molecule has 0 atom stereocenters. The molecule has 3 rings (SSSR count). The third-order valence-corrected chi connectivity index (χ3v) is 3.11. The molecule has 0 fully saturated rings. The Morgan fingerprint density at radius 1 is 0.667 bits per heavy atom. The van der Waals surface area contributed by atoms with Gasteiger partial charge < -0.3 is 7.58 Å². The average molecular weight is 211 g/mol. The molecular formula is C12H8AlO2. The van der Waals surface area contributed by atoms with Gasteiger partial charge in [0.05, 0.1) is 11.5 Å². The molecule has 0 spiro atoms. The van der Waals surface area contributed by atoms with Crippen molar-refractivity contribution in [2.45, 2.75) is 0 Å². The lowest BCUT2D eigenvalue weighted by Gasteiger charge is -2.07. The lowest BCUT2D eigenvalue weighted by Crippen LogP contribution is -2.08. The average Bonchev–Trinajstić information content (AvgIpc) is 2.48. The van der Waals surface area contributed by atoms with Gasteiger partial charge in [-0.1, -0.05) is 36.4 Å². The van der Waals surface area contributed by atoms with Crippen LogP contribution in [-0.2, 0) is 0 Å². The SMILES string of the molecule is c1ccc2c(c1)[O][Al][O]c1ccccc1-2. The largest absolute Gasteiger partial charge is 0.881 e. The van der Waals surface area contributed by atoms with Crippen molar-refractivity contribution in [3.05, 3.63) is 48.5 Å². The molecule has 2 aromatic rings. The minimum Gasteiger partial charge on any atom is -0.615 e. The molecule has 2 nitrogen and oxygen atoms in total. The van der Waals surface area contributed by atoms with Crippen LogP contribution in [0.4, 0.5) is 0 Å². The van der Waals surface area contributed by atoms with E-state index in [4.69, 9.17) is 7.58 Å². The second-order valence-electron chi connectivity index (χ2n) is 3.32. The van der Waals surface area contributed by atoms with Gasteiger partial charge in [0.25, 0.3) is 0 Å². The standard InChI is InChI=1S/C12H10O2.Al/c13-11-7-3-1-5-9(11)10-6-2-4-8-12(10)14;/h1-8,13-14H;/q;+2/p-2. The molecule has 0 unspecified atom stereocenters. The van der Waals surface area contributed by atoms with Crippen LogP contribution >= 0.6 is 0 Å². The Morgan fingerprint density at radius 3 is 1.67 bits per heavy atom. The Hall–Kier alpha value is -1.43. The van der Waals surface area contributed by atoms with Gasteiger partial charge in [0.1, 0.15) is 0 Å². The molecular weight excluding hydrogens is 203 g/mol. The molecule has 0 bridgehead atoms. The van der Waals surface area contributed by atoms with Gasteiger partial charge in [0, 0.05) is 11.1 Å². The van der Waals surface area contributed by atoms with Gasteiger partial charge in [-0.05, 0) is 12.1 Å². The summed E-state index contributed by atoms with van der Waals surface area (Å²) < 4.78 is 11.2. The molecule has 71 valence electrons. The van der Waals surface area contributed by atoms with E-state index in [1.54, 1.807) is 0 Å². The van der Waals surface area contributed by atoms with Crippen molar-refractivity contribution in [3.63, 3.8) is 0 Å². The number of hydrogen-bond donors (Lipinski definition) is 0. The first-order valence-electron chi connectivity index (χ1n) is 4.78. The van der Waals surface area contributed by atoms with Crippen LogP contribution in [-0.4, -0.2) is 15.9 Å². The van der Waals surface area contributed by atoms with Crippen molar-refractivity contribution in [3.8, 4) is 22.6 Å². The maximum Gasteiger partial charge on any atom is 0.881 e. The van der Waals surface area contributed by atoms with Crippen LogP contribution in [0.15, 0.2) is 48.5 Å². The first-order valence-corrected chi connectivity index (χ1v) is 5.73. The molecule has 0 saturated heterocycles. The summed E-state index contributed by atoms with van der Waals surface area (Å²) in [6, 6.07) is 16.1. The van der Waals surface area contributed by atoms with E-state index in [1.165, 1.54) is 0 Å². The summed E-state index contributed by atoms with van der Waals surface area (Å²) in [6.45, 7) is 0. The summed E-state index contributed by atoms with van der Waals surface area (Å²) >= 11 is -0.457. The quantitative estimate of drug-likeness (QED) is 0.623. The lowest BCUT2D eigenvalue weighted by molar-refractivity contribution is 0.468. The second-order valence-corrected chi connectivity index (χ2v) is 3.99. The van der Waals surface area contributed by atoms with Crippen molar-refractivity contribution in [2.75, 3.05) is 0 Å². The van der Waals surface area contributed by atoms with Crippen LogP contribution in [0, 0.1) is 0 Å². The maximum absolute atomic E-state index is 5.59. The van der Waals surface area contributed by atoms with Gasteiger partial charge in [0.15, 0.2) is 0 Å². The van der Waals surface area contributed by atoms with Gasteiger partial charge >= 0.3 is 15.9 Å². The Bertz CT molecular complexity index is 451. The fraction of sp³-hybridized carbons (Fsp3) is 0. The smallest absolute Gasteiger partial charge is 0.615 e. The van der Waals surface area contributed by atoms with Crippen LogP contribution in [0.2, 0.25) is 0 Å². The van der Waals surface area contributed by atoms with Crippen molar-refractivity contribution >= 4 is 15.9 Å². The summed E-state index contributed by atoms with van der Waals surface area (Å²) in [6.07, 6.45) is 0. The lowest BCUT2D eigenvalue weighted by atomic mass is 10.0. The number of fused-ring (bicyclic) bond motifs is 3. The minimum atomic E-state index is -0.457. The van der Waals surface area contributed by atoms with Crippen molar-refractivity contribution < 1.29 is 7.58 Å². The fourth-order valence-corrected chi connectivity index (χ4v) is 2.38. The van der Waals surface area contributed by atoms with E-state index in [9.17, 15) is 0 Å². The van der Waals surface area contributed by atoms with Gasteiger partial charge in [-0.3, -0.25) is 0 Å². The number of benzene rings is 2. The molecule has 0 N–H and O–H groups in total. The normalized spacial score (nSPS) is 12.3. The molecule has 0 amide bonds. The van der Waals surface area contributed by atoms with Gasteiger partial charge in [-0.25, -0.2) is 0 Å². The Balaban J connectivity index is 2.27. The first kappa shape index (κ1) is 8.85. The summed E-state index contributed by atoms with van der Waals surface area (Å²) in [4.78, 5) is 0. The highest BCUT2D eigenvalue weighted by Crippen LogP contribution is 2.37. The molecule has 0 aromatic heterocycles. The van der Waals surface area contributed by atoms with E-state index in [0.717, 1.165) is 22.6 Å². The van der Waals surface area contributed by atoms with E-state index >= 15 is 0 Å². The topological polar surface area (TPSA) is 18.5 Å². The zero-order valence-electron chi connectivity index (χ0n) is 8.01. The molecule has 2 aromatic carbocycles. The predicted octanol–water partition coefficient (Wildman–Crippen LogP) is 2.66. The molecule has 0 aliphatic carbocycles. The molecule has 1 aliphatic rings. The maximum atomic E-state index is 5.59. The zero-order valence-corrected chi connectivity index (χ0v) is 9.17. The van der Waals surface area contributed by atoms with Gasteiger partial charge in [-0.2, -0.15) is 0 Å². The van der Waals surface area contributed by atoms with Crippen LogP contribution in [0.25, 0.3) is 11.1 Å². The van der Waals surface area contributed by atoms with E-state index in [0.29, 0.717) is 0 Å². The Labute approximate surface area is 94.8 Å². The highest BCUT2D eigenvalue weighted by molar-refractivity contribution is 6.22. The van der Waals surface area contributed by atoms with E-state index in [1.807, 2.05) is 36.4 Å². The zero-order chi connectivity index (χ0) is 10.1. The fourth-order valence-electron chi connectivity index (χ4n) is 1.71. The highest BCUT2D eigenvalue weighted by Gasteiger charge is 2.18. The highest BCUT2D eigenvalue weighted by atomic mass is 27.2. The Kier molecular flexibility index (Phi) is 2.13. The first-order chi connectivity index (χ1) is 7.45. The van der Waals surface area contributed by atoms with E-state index < -0.39 is 15.9 Å². The van der Waals surface area contributed by atoms with Gasteiger partial charge in [0.2, 0.25) is 0 Å². The third kappa shape index (κ3) is 1.50. The molecule has 15 heavy (non-hydrogen) atoms. The van der Waals surface area contributed by atoms with Crippen molar-refractivity contribution in [2.24, 2.45) is 0 Å². The number of hydrogen-bond acceptors (Lipinski definition) is 2. The molecule has 3 heteroatoms. The van der Waals surface area contributed by atoms with Crippen LogP contribution < -0.4 is 7.58 Å². The third-order valence-electron chi connectivity index (χ3n) is 2.41. The summed E-state index contributed by atoms with van der Waals surface area (Å²) in [7, 11) is 0. The number of rotatable bonds is 0. The van der Waals surface area contributed by atoms with Crippen molar-refractivity contribution in [1.82, 2.24) is 0 Å². The second kappa shape index (κ2) is 3.62. The Morgan fingerprint density at radius 2 is 1.13 bits per heavy atom. The number of para-hydroxylation sites is 2. The van der Waals surface area contributed by atoms with Crippen LogP contribution in [0.5, 0.6) is 11.5 Å². The monoisotopic (exact) mass is 211 g/mol. The molecule has 1 heterocycles. The summed E-state index contributed by atoms with van der Waals surface area (Å²) in [5, 5.41) is 0. The van der Waals surface area contributed by atoms with E-state index in [-0.39, 0.29) is 0 Å². The van der Waals surface area contributed by atoms with Crippen LogP contribution in [0.3, 0.4) is 0 Å². The molecule has 1 radical (unpaired) electrons. The molecule has 0 saturated carbocycles. The van der Waals surface area contributed by atoms with Crippen molar-refractivity contribution in [1.29, 1.82) is 0 Å². The van der Waals surface area contributed by atoms with Crippen LogP contribution in [0.1, 0.15) is 0 Å². The summed E-state index contributed by atoms with van der Waals surface area (Å²) in [5.41, 5.74) is 2.22. The van der Waals surface area contributed by atoms with Gasteiger partial charge in [-0.15, -0.1) is 0 Å². The summed E-state index contributed by atoms with van der Waals surface area (Å²) in [5.74, 6) is 1.83. The molecule has 1 aliphatic heterocycles. The van der Waals surface area contributed by atoms with E-state index in [2.05, 4.69) is 12.1 Å².